The zero-order chi connectivity index (χ0) is 13.7. The zero-order valence-corrected chi connectivity index (χ0v) is 10.5. The summed E-state index contributed by atoms with van der Waals surface area (Å²) < 4.78 is 5.24. The molecule has 0 atom stereocenters. The Morgan fingerprint density at radius 2 is 2.26 bits per heavy atom. The molecule has 1 aromatic carbocycles. The van der Waals surface area contributed by atoms with Crippen molar-refractivity contribution in [2.45, 2.75) is 0 Å². The van der Waals surface area contributed by atoms with Crippen molar-refractivity contribution < 1.29 is 4.74 Å². The summed E-state index contributed by atoms with van der Waals surface area (Å²) in [4.78, 5) is 1.38. The molecular formula is C13H13N5O. The number of hydrogen-bond donors (Lipinski definition) is 1. The number of benzene rings is 1. The fourth-order valence-corrected chi connectivity index (χ4v) is 1.57. The number of nitrogens with zero attached hydrogens (tertiary/aromatic N) is 4. The van der Waals surface area contributed by atoms with Crippen molar-refractivity contribution in [3.05, 3.63) is 42.6 Å². The molecule has 0 radical (unpaired) electrons. The maximum absolute atomic E-state index is 9.04. The molecule has 2 rings (SSSR count). The van der Waals surface area contributed by atoms with Crippen LogP contribution in [0.1, 0.15) is 5.69 Å². The second kappa shape index (κ2) is 5.69. The molecule has 0 unspecified atom stereocenters. The molecule has 0 fully saturated rings. The molecule has 96 valence electrons. The predicted octanol–water partition coefficient (Wildman–Crippen LogP) is 1.75. The van der Waals surface area contributed by atoms with E-state index in [0.717, 1.165) is 0 Å². The minimum atomic E-state index is 0.229. The van der Waals surface area contributed by atoms with Crippen molar-refractivity contribution in [2.75, 3.05) is 19.0 Å². The molecular weight excluding hydrogens is 242 g/mol. The van der Waals surface area contributed by atoms with E-state index in [-0.39, 0.29) is 5.69 Å². The highest BCUT2D eigenvalue weighted by atomic mass is 16.5. The van der Waals surface area contributed by atoms with Gasteiger partial charge in [-0.2, -0.15) is 5.26 Å². The van der Waals surface area contributed by atoms with Crippen LogP contribution in [0.15, 0.2) is 36.9 Å². The van der Waals surface area contributed by atoms with Gasteiger partial charge in [0.15, 0.2) is 5.82 Å². The summed E-state index contributed by atoms with van der Waals surface area (Å²) in [5.74, 6) is 1.06. The van der Waals surface area contributed by atoms with E-state index in [9.17, 15) is 0 Å². The Morgan fingerprint density at radius 3 is 2.95 bits per heavy atom. The molecule has 1 aromatic heterocycles. The highest BCUT2D eigenvalue weighted by Gasteiger charge is 2.13. The maximum atomic E-state index is 9.04. The van der Waals surface area contributed by atoms with Gasteiger partial charge in [0.05, 0.1) is 7.11 Å². The van der Waals surface area contributed by atoms with Crippen LogP contribution in [0, 0.1) is 11.3 Å². The van der Waals surface area contributed by atoms with Crippen LogP contribution in [0.5, 0.6) is 5.75 Å². The normalized spacial score (nSPS) is 9.68. The van der Waals surface area contributed by atoms with Crippen molar-refractivity contribution >= 4 is 5.82 Å². The second-order valence-corrected chi connectivity index (χ2v) is 3.64. The Hall–Kier alpha value is -2.81. The van der Waals surface area contributed by atoms with E-state index in [4.69, 9.17) is 10.00 Å². The molecule has 0 aliphatic rings. The van der Waals surface area contributed by atoms with Gasteiger partial charge in [0, 0.05) is 6.54 Å². The highest BCUT2D eigenvalue weighted by molar-refractivity contribution is 5.50. The van der Waals surface area contributed by atoms with Crippen LogP contribution in [0.4, 0.5) is 5.82 Å². The van der Waals surface area contributed by atoms with Crippen LogP contribution in [-0.4, -0.2) is 28.6 Å². The molecule has 0 saturated heterocycles. The summed E-state index contributed by atoms with van der Waals surface area (Å²) >= 11 is 0. The molecule has 1 N–H and O–H groups in total. The molecule has 0 spiro atoms. The average molecular weight is 255 g/mol. The minimum absolute atomic E-state index is 0.229. The third-order valence-electron chi connectivity index (χ3n) is 2.43. The van der Waals surface area contributed by atoms with Gasteiger partial charge in [-0.05, 0) is 12.1 Å². The number of rotatable bonds is 5. The van der Waals surface area contributed by atoms with E-state index in [1.54, 1.807) is 13.2 Å². The number of methoxy groups -OCH3 is 1. The molecule has 0 amide bonds. The summed E-state index contributed by atoms with van der Waals surface area (Å²) in [7, 11) is 1.57. The van der Waals surface area contributed by atoms with Gasteiger partial charge in [0.25, 0.3) is 0 Å². The Morgan fingerprint density at radius 1 is 1.47 bits per heavy atom. The summed E-state index contributed by atoms with van der Waals surface area (Å²) in [6.07, 6.45) is 1.68. The quantitative estimate of drug-likeness (QED) is 0.824. The fraction of sp³-hybridized carbons (Fsp3) is 0.154. The number of anilines is 1. The van der Waals surface area contributed by atoms with Crippen LogP contribution >= 0.6 is 0 Å². The standard InChI is InChI=1S/C13H13N5O/c1-3-8-15-13-10(9-14)16-18(17-13)11-6-4-5-7-12(11)19-2/h3-7H,1,8H2,2H3,(H,15,17). The molecule has 0 aliphatic carbocycles. The van der Waals surface area contributed by atoms with Gasteiger partial charge >= 0.3 is 0 Å². The first-order valence-electron chi connectivity index (χ1n) is 5.65. The van der Waals surface area contributed by atoms with Crippen LogP contribution in [0.3, 0.4) is 0 Å². The summed E-state index contributed by atoms with van der Waals surface area (Å²) in [5, 5.41) is 20.4. The lowest BCUT2D eigenvalue weighted by atomic mass is 10.3. The highest BCUT2D eigenvalue weighted by Crippen LogP contribution is 2.22. The number of para-hydroxylation sites is 2. The zero-order valence-electron chi connectivity index (χ0n) is 10.5. The largest absolute Gasteiger partial charge is 0.494 e. The first-order chi connectivity index (χ1) is 9.30. The van der Waals surface area contributed by atoms with E-state index in [1.165, 1.54) is 4.80 Å². The Labute approximate surface area is 110 Å². The van der Waals surface area contributed by atoms with Crippen LogP contribution < -0.4 is 10.1 Å². The van der Waals surface area contributed by atoms with Crippen LogP contribution in [0.25, 0.3) is 5.69 Å². The molecule has 0 aliphatic heterocycles. The number of nitriles is 1. The number of aromatic nitrogens is 3. The molecule has 6 nitrogen and oxygen atoms in total. The van der Waals surface area contributed by atoms with E-state index in [0.29, 0.717) is 23.8 Å². The molecule has 1 heterocycles. The maximum Gasteiger partial charge on any atom is 0.207 e. The molecule has 6 heteroatoms. The molecule has 0 bridgehead atoms. The van der Waals surface area contributed by atoms with Crippen molar-refractivity contribution in [2.24, 2.45) is 0 Å². The Balaban J connectivity index is 2.43. The first kappa shape index (κ1) is 12.6. The van der Waals surface area contributed by atoms with Gasteiger partial charge < -0.3 is 10.1 Å². The van der Waals surface area contributed by atoms with Gasteiger partial charge in [-0.1, -0.05) is 18.2 Å². The molecule has 19 heavy (non-hydrogen) atoms. The van der Waals surface area contributed by atoms with Crippen molar-refractivity contribution in [1.82, 2.24) is 15.0 Å². The summed E-state index contributed by atoms with van der Waals surface area (Å²) in [6.45, 7) is 4.12. The Bertz CT molecular complexity index is 626. The molecule has 0 saturated carbocycles. The smallest absolute Gasteiger partial charge is 0.207 e. The van der Waals surface area contributed by atoms with Crippen LogP contribution in [-0.2, 0) is 0 Å². The van der Waals surface area contributed by atoms with E-state index < -0.39 is 0 Å². The van der Waals surface area contributed by atoms with Gasteiger partial charge in [-0.15, -0.1) is 21.6 Å². The number of hydrogen-bond acceptors (Lipinski definition) is 5. The predicted molar refractivity (Wildman–Crippen MR) is 71.3 cm³/mol. The fourth-order valence-electron chi connectivity index (χ4n) is 1.57. The lowest BCUT2D eigenvalue weighted by molar-refractivity contribution is 0.410. The van der Waals surface area contributed by atoms with Gasteiger partial charge in [-0.25, -0.2) is 0 Å². The van der Waals surface area contributed by atoms with Crippen molar-refractivity contribution in [1.29, 1.82) is 5.26 Å². The van der Waals surface area contributed by atoms with Gasteiger partial charge in [0.1, 0.15) is 17.5 Å². The van der Waals surface area contributed by atoms with Crippen molar-refractivity contribution in [3.63, 3.8) is 0 Å². The lowest BCUT2D eigenvalue weighted by Crippen LogP contribution is -2.03. The third-order valence-corrected chi connectivity index (χ3v) is 2.43. The second-order valence-electron chi connectivity index (χ2n) is 3.64. The van der Waals surface area contributed by atoms with Crippen molar-refractivity contribution in [3.8, 4) is 17.5 Å². The van der Waals surface area contributed by atoms with E-state index in [1.807, 2.05) is 30.3 Å². The number of nitrogens with one attached hydrogen (secondary N) is 1. The van der Waals surface area contributed by atoms with Crippen LogP contribution in [0.2, 0.25) is 0 Å². The van der Waals surface area contributed by atoms with E-state index >= 15 is 0 Å². The topological polar surface area (TPSA) is 75.8 Å². The first-order valence-corrected chi connectivity index (χ1v) is 5.65. The third kappa shape index (κ3) is 2.55. The summed E-state index contributed by atoms with van der Waals surface area (Å²) in [5.41, 5.74) is 0.904. The van der Waals surface area contributed by atoms with Gasteiger partial charge in [-0.3, -0.25) is 0 Å². The van der Waals surface area contributed by atoms with E-state index in [2.05, 4.69) is 22.1 Å². The lowest BCUT2D eigenvalue weighted by Gasteiger charge is -2.05. The minimum Gasteiger partial charge on any atom is -0.494 e. The van der Waals surface area contributed by atoms with Gasteiger partial charge in [0.2, 0.25) is 5.69 Å². The molecule has 2 aromatic rings. The Kier molecular flexibility index (Phi) is 3.78. The summed E-state index contributed by atoms with van der Waals surface area (Å²) in [6, 6.07) is 9.33. The SMILES string of the molecule is C=CCNc1nn(-c2ccccc2OC)nc1C#N. The number of ether oxygens (including phenoxy) is 1. The average Bonchev–Trinajstić information content (AvgIpc) is 2.88. The monoisotopic (exact) mass is 255 g/mol.